The van der Waals surface area contributed by atoms with Crippen molar-refractivity contribution in [3.05, 3.63) is 54.3 Å². The number of rotatable bonds is 5. The summed E-state index contributed by atoms with van der Waals surface area (Å²) >= 11 is 1.36. The predicted octanol–water partition coefficient (Wildman–Crippen LogP) is 4.54. The maximum Gasteiger partial charge on any atom is 0.277 e. The molecule has 3 heterocycles. The highest BCUT2D eigenvalue weighted by Crippen LogP contribution is 2.35. The van der Waals surface area contributed by atoms with E-state index in [1.54, 1.807) is 12.3 Å². The van der Waals surface area contributed by atoms with Crippen LogP contribution in [0.4, 0.5) is 0 Å². The molecule has 0 radical (unpaired) electrons. The van der Waals surface area contributed by atoms with Crippen molar-refractivity contribution < 1.29 is 13.3 Å². The smallest absolute Gasteiger partial charge is 0.277 e. The monoisotopic (exact) mass is 354 g/mol. The van der Waals surface area contributed by atoms with Crippen LogP contribution < -0.4 is 0 Å². The Balaban J connectivity index is 1.49. The van der Waals surface area contributed by atoms with Gasteiger partial charge in [-0.1, -0.05) is 30.0 Å². The van der Waals surface area contributed by atoms with Crippen molar-refractivity contribution in [1.82, 2.24) is 20.4 Å². The Labute approximate surface area is 147 Å². The maximum absolute atomic E-state index is 5.75. The molecular formula is C17H14N4O3S. The first-order valence-electron chi connectivity index (χ1n) is 7.64. The van der Waals surface area contributed by atoms with Crippen LogP contribution >= 0.6 is 11.8 Å². The van der Waals surface area contributed by atoms with Crippen LogP contribution in [-0.2, 0) is 0 Å². The zero-order valence-corrected chi connectivity index (χ0v) is 14.4. The average Bonchev–Trinajstić information content (AvgIpc) is 3.36. The summed E-state index contributed by atoms with van der Waals surface area (Å²) in [5.74, 6) is 2.15. The molecule has 0 N–H and O–H groups in total. The molecule has 3 aromatic heterocycles. The molecule has 7 nitrogen and oxygen atoms in total. The molecule has 0 amide bonds. The van der Waals surface area contributed by atoms with E-state index in [1.165, 1.54) is 11.8 Å². The minimum absolute atomic E-state index is 0.122. The molecule has 1 atom stereocenters. The lowest BCUT2D eigenvalue weighted by Crippen LogP contribution is -1.88. The molecule has 0 aliphatic rings. The summed E-state index contributed by atoms with van der Waals surface area (Å²) in [7, 11) is 0. The molecule has 0 bridgehead atoms. The van der Waals surface area contributed by atoms with Crippen LogP contribution in [0.2, 0.25) is 0 Å². The minimum Gasteiger partial charge on any atom is -0.469 e. The first kappa shape index (κ1) is 15.6. The molecule has 4 rings (SSSR count). The van der Waals surface area contributed by atoms with E-state index < -0.39 is 0 Å². The van der Waals surface area contributed by atoms with Crippen LogP contribution in [-0.4, -0.2) is 20.4 Å². The molecule has 4 aromatic rings. The van der Waals surface area contributed by atoms with Gasteiger partial charge in [-0.15, -0.1) is 20.4 Å². The normalized spacial score (nSPS) is 12.4. The lowest BCUT2D eigenvalue weighted by atomic mass is 10.2. The van der Waals surface area contributed by atoms with E-state index in [0.717, 1.165) is 16.9 Å². The van der Waals surface area contributed by atoms with Crippen LogP contribution in [0.3, 0.4) is 0 Å². The molecule has 8 heteroatoms. The van der Waals surface area contributed by atoms with E-state index in [9.17, 15) is 0 Å². The van der Waals surface area contributed by atoms with Gasteiger partial charge in [-0.2, -0.15) is 0 Å². The number of hydrogen-bond acceptors (Lipinski definition) is 8. The Morgan fingerprint density at radius 2 is 1.72 bits per heavy atom. The number of nitrogens with zero attached hydrogens (tertiary/aromatic N) is 4. The molecule has 0 fully saturated rings. The van der Waals surface area contributed by atoms with Gasteiger partial charge >= 0.3 is 0 Å². The van der Waals surface area contributed by atoms with Crippen LogP contribution in [0.5, 0.6) is 0 Å². The second-order valence-electron chi connectivity index (χ2n) is 5.34. The lowest BCUT2D eigenvalue weighted by Gasteiger charge is -2.01. The number of aromatic nitrogens is 4. The number of benzene rings is 1. The summed E-state index contributed by atoms with van der Waals surface area (Å²) in [4.78, 5) is 0. The van der Waals surface area contributed by atoms with Gasteiger partial charge in [-0.05, 0) is 32.0 Å². The number of furan rings is 1. The van der Waals surface area contributed by atoms with E-state index in [2.05, 4.69) is 20.4 Å². The Morgan fingerprint density at radius 3 is 2.48 bits per heavy atom. The topological polar surface area (TPSA) is 91.0 Å². The lowest BCUT2D eigenvalue weighted by molar-refractivity contribution is 0.459. The quantitative estimate of drug-likeness (QED) is 0.482. The molecule has 0 unspecified atom stereocenters. The van der Waals surface area contributed by atoms with Gasteiger partial charge < -0.3 is 13.3 Å². The molecule has 0 spiro atoms. The number of hydrogen-bond donors (Lipinski definition) is 0. The van der Waals surface area contributed by atoms with Gasteiger partial charge in [0.1, 0.15) is 5.76 Å². The van der Waals surface area contributed by atoms with Gasteiger partial charge in [0, 0.05) is 5.56 Å². The molecule has 0 aliphatic heterocycles. The molecule has 1 aromatic carbocycles. The highest BCUT2D eigenvalue weighted by atomic mass is 32.2. The SMILES string of the molecule is Cc1occc1-c1nnc(S[C@@H](C)c2nnc(-c3ccccc3)o2)o1. The third-order valence-corrected chi connectivity index (χ3v) is 4.50. The first-order valence-corrected chi connectivity index (χ1v) is 8.52. The van der Waals surface area contributed by atoms with Crippen molar-refractivity contribution in [2.45, 2.75) is 24.3 Å². The summed E-state index contributed by atoms with van der Waals surface area (Å²) in [5, 5.41) is 16.6. The Kier molecular flexibility index (Phi) is 4.10. The standard InChI is InChI=1S/C17H14N4O3S/c1-10-13(8-9-22-10)16-20-21-17(24-16)25-11(2)14-18-19-15(23-14)12-6-4-3-5-7-12/h3-9,11H,1-2H3/t11-/m0/s1. The highest BCUT2D eigenvalue weighted by molar-refractivity contribution is 7.99. The third kappa shape index (κ3) is 3.20. The summed E-state index contributed by atoms with van der Waals surface area (Å²) in [6.45, 7) is 3.79. The fraction of sp³-hybridized carbons (Fsp3) is 0.176. The van der Waals surface area contributed by atoms with Crippen molar-refractivity contribution in [2.75, 3.05) is 0 Å². The highest BCUT2D eigenvalue weighted by Gasteiger charge is 2.20. The number of aryl methyl sites for hydroxylation is 1. The fourth-order valence-corrected chi connectivity index (χ4v) is 2.98. The summed E-state index contributed by atoms with van der Waals surface area (Å²) < 4.78 is 16.7. The second-order valence-corrected chi connectivity index (χ2v) is 6.63. The van der Waals surface area contributed by atoms with Crippen molar-refractivity contribution in [2.24, 2.45) is 0 Å². The molecular weight excluding hydrogens is 340 g/mol. The van der Waals surface area contributed by atoms with E-state index in [1.807, 2.05) is 44.2 Å². The third-order valence-electron chi connectivity index (χ3n) is 3.58. The van der Waals surface area contributed by atoms with Crippen LogP contribution in [0.1, 0.15) is 23.8 Å². The summed E-state index contributed by atoms with van der Waals surface area (Å²) in [6, 6.07) is 11.4. The van der Waals surface area contributed by atoms with E-state index in [0.29, 0.717) is 22.9 Å². The van der Waals surface area contributed by atoms with Crippen molar-refractivity contribution >= 4 is 11.8 Å². The average molecular weight is 354 g/mol. The summed E-state index contributed by atoms with van der Waals surface area (Å²) in [5.41, 5.74) is 1.67. The number of thioether (sulfide) groups is 1. The Morgan fingerprint density at radius 1 is 0.920 bits per heavy atom. The molecule has 25 heavy (non-hydrogen) atoms. The van der Waals surface area contributed by atoms with E-state index >= 15 is 0 Å². The van der Waals surface area contributed by atoms with E-state index in [4.69, 9.17) is 13.3 Å². The second kappa shape index (κ2) is 6.56. The first-order chi connectivity index (χ1) is 12.2. The zero-order valence-electron chi connectivity index (χ0n) is 13.5. The fourth-order valence-electron chi connectivity index (χ4n) is 2.27. The Hall–Kier alpha value is -2.87. The van der Waals surface area contributed by atoms with Gasteiger partial charge in [-0.25, -0.2) is 0 Å². The molecule has 126 valence electrons. The molecule has 0 saturated heterocycles. The van der Waals surface area contributed by atoms with Gasteiger partial charge in [0.25, 0.3) is 11.1 Å². The Bertz CT molecular complexity index is 977. The minimum atomic E-state index is -0.122. The van der Waals surface area contributed by atoms with Gasteiger partial charge in [0.05, 0.1) is 17.1 Å². The largest absolute Gasteiger partial charge is 0.469 e. The van der Waals surface area contributed by atoms with Gasteiger partial charge in [0.2, 0.25) is 11.8 Å². The van der Waals surface area contributed by atoms with Gasteiger partial charge in [-0.3, -0.25) is 0 Å². The van der Waals surface area contributed by atoms with Crippen LogP contribution in [0, 0.1) is 6.92 Å². The predicted molar refractivity (Wildman–Crippen MR) is 90.7 cm³/mol. The summed E-state index contributed by atoms with van der Waals surface area (Å²) in [6.07, 6.45) is 1.59. The van der Waals surface area contributed by atoms with E-state index in [-0.39, 0.29) is 5.25 Å². The van der Waals surface area contributed by atoms with Gasteiger partial charge in [0.15, 0.2) is 0 Å². The van der Waals surface area contributed by atoms with Crippen LogP contribution in [0.25, 0.3) is 22.9 Å². The van der Waals surface area contributed by atoms with Crippen molar-refractivity contribution in [1.29, 1.82) is 0 Å². The molecule has 0 saturated carbocycles. The van der Waals surface area contributed by atoms with Crippen molar-refractivity contribution in [3.63, 3.8) is 0 Å². The zero-order chi connectivity index (χ0) is 17.2. The van der Waals surface area contributed by atoms with Crippen molar-refractivity contribution in [3.8, 4) is 22.9 Å². The van der Waals surface area contributed by atoms with Crippen LogP contribution in [0.15, 0.2) is 61.1 Å². The molecule has 0 aliphatic carbocycles. The maximum atomic E-state index is 5.75.